The lowest BCUT2D eigenvalue weighted by molar-refractivity contribution is -0.145. The molecule has 0 saturated heterocycles. The maximum absolute atomic E-state index is 13.1. The first-order valence-corrected chi connectivity index (χ1v) is 6.31. The lowest BCUT2D eigenvalue weighted by Gasteiger charge is -2.17. The van der Waals surface area contributed by atoms with E-state index >= 15 is 0 Å². The Morgan fingerprint density at radius 3 is 2.84 bits per heavy atom. The van der Waals surface area contributed by atoms with Crippen LogP contribution in [0.3, 0.4) is 0 Å². The van der Waals surface area contributed by atoms with E-state index in [1.165, 1.54) is 18.2 Å². The van der Waals surface area contributed by atoms with Crippen molar-refractivity contribution < 1.29 is 18.7 Å². The number of hydrogen-bond acceptors (Lipinski definition) is 4. The first kappa shape index (κ1) is 15.9. The molecule has 1 rings (SSSR count). The minimum Gasteiger partial charge on any atom is -0.465 e. The van der Waals surface area contributed by atoms with E-state index in [4.69, 9.17) is 21.1 Å². The molecule has 4 nitrogen and oxygen atoms in total. The Labute approximate surface area is 116 Å². The summed E-state index contributed by atoms with van der Waals surface area (Å²) >= 11 is 5.72. The molecule has 1 N–H and O–H groups in total. The average Bonchev–Trinajstić information content (AvgIpc) is 2.38. The van der Waals surface area contributed by atoms with E-state index in [-0.39, 0.29) is 11.6 Å². The second-order valence-corrected chi connectivity index (χ2v) is 4.21. The van der Waals surface area contributed by atoms with Gasteiger partial charge in [-0.05, 0) is 24.6 Å². The molecule has 0 amide bonds. The van der Waals surface area contributed by atoms with E-state index in [1.807, 2.05) is 0 Å². The number of carbonyl (C=O) groups excluding carboxylic acids is 1. The molecular formula is C13H17ClFNO3. The third-order valence-electron chi connectivity index (χ3n) is 2.45. The molecule has 1 aromatic carbocycles. The van der Waals surface area contributed by atoms with Crippen molar-refractivity contribution in [2.24, 2.45) is 0 Å². The van der Waals surface area contributed by atoms with Gasteiger partial charge in [-0.15, -0.1) is 0 Å². The Kier molecular flexibility index (Phi) is 6.77. The summed E-state index contributed by atoms with van der Waals surface area (Å²) in [5.41, 5.74) is 0.556. The molecule has 1 unspecified atom stereocenters. The maximum atomic E-state index is 13.1. The summed E-state index contributed by atoms with van der Waals surface area (Å²) in [4.78, 5) is 11.9. The van der Waals surface area contributed by atoms with Crippen molar-refractivity contribution in [2.45, 2.75) is 13.0 Å². The highest BCUT2D eigenvalue weighted by Crippen LogP contribution is 2.21. The van der Waals surface area contributed by atoms with Crippen LogP contribution in [0.1, 0.15) is 18.5 Å². The van der Waals surface area contributed by atoms with Crippen LogP contribution in [-0.4, -0.2) is 32.8 Å². The van der Waals surface area contributed by atoms with Gasteiger partial charge in [-0.2, -0.15) is 0 Å². The highest BCUT2D eigenvalue weighted by atomic mass is 35.5. The van der Waals surface area contributed by atoms with Gasteiger partial charge in [-0.25, -0.2) is 9.18 Å². The monoisotopic (exact) mass is 289 g/mol. The minimum atomic E-state index is -0.687. The van der Waals surface area contributed by atoms with Crippen molar-refractivity contribution in [1.29, 1.82) is 0 Å². The van der Waals surface area contributed by atoms with Crippen LogP contribution in [0.2, 0.25) is 5.02 Å². The Balaban J connectivity index is 2.87. The minimum absolute atomic E-state index is 0.0275. The van der Waals surface area contributed by atoms with Crippen LogP contribution < -0.4 is 5.32 Å². The highest BCUT2D eigenvalue weighted by Gasteiger charge is 2.22. The molecule has 0 bridgehead atoms. The summed E-state index contributed by atoms with van der Waals surface area (Å²) in [6.07, 6.45) is 0. The lowest BCUT2D eigenvalue weighted by atomic mass is 10.1. The number of esters is 1. The molecule has 0 heterocycles. The maximum Gasteiger partial charge on any atom is 0.327 e. The van der Waals surface area contributed by atoms with Crippen LogP contribution in [-0.2, 0) is 14.3 Å². The number of rotatable bonds is 7. The molecule has 106 valence electrons. The summed E-state index contributed by atoms with van der Waals surface area (Å²) in [5.74, 6) is -0.953. The van der Waals surface area contributed by atoms with Crippen molar-refractivity contribution in [2.75, 3.05) is 26.9 Å². The molecular weight excluding hydrogens is 273 g/mol. The highest BCUT2D eigenvalue weighted by molar-refractivity contribution is 6.30. The predicted molar refractivity (Wildman–Crippen MR) is 70.7 cm³/mol. The van der Waals surface area contributed by atoms with Crippen LogP contribution in [0.15, 0.2) is 18.2 Å². The number of ether oxygens (including phenoxy) is 2. The van der Waals surface area contributed by atoms with E-state index in [0.717, 1.165) is 0 Å². The standard InChI is InChI=1S/C13H17ClFNO3/c1-3-19-13(17)12(16-6-7-18-2)9-4-5-11(15)10(14)8-9/h4-5,8,12,16H,3,6-7H2,1-2H3. The van der Waals surface area contributed by atoms with Gasteiger partial charge in [0.05, 0.1) is 18.2 Å². The molecule has 19 heavy (non-hydrogen) atoms. The van der Waals surface area contributed by atoms with Crippen molar-refractivity contribution >= 4 is 17.6 Å². The Hall–Kier alpha value is -1.17. The molecule has 1 aromatic rings. The van der Waals surface area contributed by atoms with Gasteiger partial charge < -0.3 is 9.47 Å². The van der Waals surface area contributed by atoms with Gasteiger partial charge >= 0.3 is 5.97 Å². The van der Waals surface area contributed by atoms with Gasteiger partial charge in [0, 0.05) is 13.7 Å². The smallest absolute Gasteiger partial charge is 0.327 e. The third kappa shape index (κ3) is 4.78. The van der Waals surface area contributed by atoms with E-state index in [0.29, 0.717) is 18.7 Å². The molecule has 1 atom stereocenters. The largest absolute Gasteiger partial charge is 0.465 e. The zero-order chi connectivity index (χ0) is 14.3. The molecule has 0 aliphatic heterocycles. The van der Waals surface area contributed by atoms with Gasteiger partial charge in [0.2, 0.25) is 0 Å². The topological polar surface area (TPSA) is 47.6 Å². The van der Waals surface area contributed by atoms with E-state index in [1.54, 1.807) is 14.0 Å². The van der Waals surface area contributed by atoms with Crippen molar-refractivity contribution in [3.8, 4) is 0 Å². The quantitative estimate of drug-likeness (QED) is 0.618. The summed E-state index contributed by atoms with van der Waals surface area (Å²) < 4.78 is 23.0. The second kappa shape index (κ2) is 8.09. The average molecular weight is 290 g/mol. The second-order valence-electron chi connectivity index (χ2n) is 3.81. The number of halogens is 2. The molecule has 6 heteroatoms. The number of benzene rings is 1. The molecule has 0 spiro atoms. The van der Waals surface area contributed by atoms with Gasteiger partial charge in [0.15, 0.2) is 0 Å². The first-order valence-electron chi connectivity index (χ1n) is 5.94. The van der Waals surface area contributed by atoms with Crippen molar-refractivity contribution in [3.05, 3.63) is 34.6 Å². The summed E-state index contributed by atoms with van der Waals surface area (Å²) in [5, 5.41) is 2.96. The Morgan fingerprint density at radius 2 is 2.26 bits per heavy atom. The van der Waals surface area contributed by atoms with E-state index in [2.05, 4.69) is 5.32 Å². The lowest BCUT2D eigenvalue weighted by Crippen LogP contribution is -2.32. The van der Waals surface area contributed by atoms with Gasteiger partial charge in [-0.3, -0.25) is 5.32 Å². The Morgan fingerprint density at radius 1 is 1.53 bits per heavy atom. The van der Waals surface area contributed by atoms with Crippen LogP contribution >= 0.6 is 11.6 Å². The van der Waals surface area contributed by atoms with Gasteiger partial charge in [0.1, 0.15) is 11.9 Å². The molecule has 0 aliphatic rings. The first-order chi connectivity index (χ1) is 9.10. The molecule has 0 saturated carbocycles. The summed E-state index contributed by atoms with van der Waals surface area (Å²) in [6.45, 7) is 2.91. The number of nitrogens with one attached hydrogen (secondary N) is 1. The van der Waals surface area contributed by atoms with Crippen molar-refractivity contribution in [3.63, 3.8) is 0 Å². The van der Waals surface area contributed by atoms with E-state index < -0.39 is 17.8 Å². The van der Waals surface area contributed by atoms with Gasteiger partial charge in [-0.1, -0.05) is 17.7 Å². The van der Waals surface area contributed by atoms with Crippen molar-refractivity contribution in [1.82, 2.24) is 5.32 Å². The fraction of sp³-hybridized carbons (Fsp3) is 0.462. The number of carbonyl (C=O) groups is 1. The number of methoxy groups -OCH3 is 1. The summed E-state index contributed by atoms with van der Waals surface area (Å²) in [6, 6.07) is 3.45. The van der Waals surface area contributed by atoms with Gasteiger partial charge in [0.25, 0.3) is 0 Å². The molecule has 0 aliphatic carbocycles. The normalized spacial score (nSPS) is 12.2. The van der Waals surface area contributed by atoms with Crippen LogP contribution in [0.5, 0.6) is 0 Å². The predicted octanol–water partition coefficient (Wildman–Crippen LogP) is 2.32. The zero-order valence-corrected chi connectivity index (χ0v) is 11.7. The van der Waals surface area contributed by atoms with Crippen LogP contribution in [0.25, 0.3) is 0 Å². The summed E-state index contributed by atoms with van der Waals surface area (Å²) in [7, 11) is 1.57. The molecule has 0 radical (unpaired) electrons. The zero-order valence-electron chi connectivity index (χ0n) is 10.9. The van der Waals surface area contributed by atoms with E-state index in [9.17, 15) is 9.18 Å². The fourth-order valence-electron chi connectivity index (χ4n) is 1.56. The fourth-order valence-corrected chi connectivity index (χ4v) is 1.75. The Bertz CT molecular complexity index is 428. The molecule has 0 aromatic heterocycles. The SMILES string of the molecule is CCOC(=O)C(NCCOC)c1ccc(F)c(Cl)c1. The van der Waals surface area contributed by atoms with Crippen LogP contribution in [0, 0.1) is 5.82 Å². The third-order valence-corrected chi connectivity index (χ3v) is 2.74. The molecule has 0 fully saturated rings. The van der Waals surface area contributed by atoms with Crippen LogP contribution in [0.4, 0.5) is 4.39 Å². The number of hydrogen-bond donors (Lipinski definition) is 1.